The Morgan fingerprint density at radius 1 is 1.17 bits per heavy atom. The van der Waals surface area contributed by atoms with Crippen LogP contribution in [0, 0.1) is 0 Å². The van der Waals surface area contributed by atoms with Crippen molar-refractivity contribution < 1.29 is 28.6 Å². The van der Waals surface area contributed by atoms with Crippen molar-refractivity contribution in [1.82, 2.24) is 10.2 Å². The van der Waals surface area contributed by atoms with Gasteiger partial charge in [-0.2, -0.15) is 0 Å². The fourth-order valence-electron chi connectivity index (χ4n) is 3.55. The first-order valence-electron chi connectivity index (χ1n) is 9.10. The highest BCUT2D eigenvalue weighted by Gasteiger charge is 2.48. The summed E-state index contributed by atoms with van der Waals surface area (Å²) < 4.78 is 15.8. The van der Waals surface area contributed by atoms with Gasteiger partial charge in [-0.3, -0.25) is 14.5 Å². The van der Waals surface area contributed by atoms with Gasteiger partial charge in [0.1, 0.15) is 11.3 Å². The number of carbonyl (C=O) groups excluding carboxylic acids is 3. The van der Waals surface area contributed by atoms with Crippen LogP contribution in [0.3, 0.4) is 0 Å². The number of benzene rings is 2. The van der Waals surface area contributed by atoms with Gasteiger partial charge in [0.05, 0.1) is 13.7 Å². The van der Waals surface area contributed by atoms with Crippen LogP contribution in [-0.2, 0) is 11.2 Å². The molecule has 4 rings (SSSR count). The standard InChI is InChI=1S/C21H20N2O6/c1-21(10-14-5-3-4-6-16(14)27-2)19(25)23(20(26)22-21)11-15(24)13-7-8-17-18(9-13)29-12-28-17/h3-9H,10-12H2,1-2H3,(H,22,26). The first kappa shape index (κ1) is 18.8. The number of para-hydroxylation sites is 1. The average Bonchev–Trinajstić information content (AvgIpc) is 3.26. The Hall–Kier alpha value is -3.55. The fourth-order valence-corrected chi connectivity index (χ4v) is 3.55. The molecule has 2 aliphatic heterocycles. The molecule has 0 aliphatic carbocycles. The number of ketones is 1. The maximum atomic E-state index is 13.0. The second-order valence-electron chi connectivity index (χ2n) is 7.13. The monoisotopic (exact) mass is 396 g/mol. The first-order valence-corrected chi connectivity index (χ1v) is 9.10. The molecule has 150 valence electrons. The van der Waals surface area contributed by atoms with Crippen molar-refractivity contribution in [1.29, 1.82) is 0 Å². The molecule has 2 heterocycles. The highest BCUT2D eigenvalue weighted by atomic mass is 16.7. The van der Waals surface area contributed by atoms with Gasteiger partial charge in [-0.15, -0.1) is 0 Å². The topological polar surface area (TPSA) is 94.2 Å². The van der Waals surface area contributed by atoms with E-state index in [1.807, 2.05) is 18.2 Å². The molecule has 8 nitrogen and oxygen atoms in total. The van der Waals surface area contributed by atoms with Crippen LogP contribution in [0.4, 0.5) is 4.79 Å². The number of rotatable bonds is 6. The van der Waals surface area contributed by atoms with Crippen LogP contribution in [0.1, 0.15) is 22.8 Å². The zero-order chi connectivity index (χ0) is 20.6. The summed E-state index contributed by atoms with van der Waals surface area (Å²) in [6.07, 6.45) is 0.246. The van der Waals surface area contributed by atoms with Crippen molar-refractivity contribution in [2.75, 3.05) is 20.4 Å². The van der Waals surface area contributed by atoms with E-state index < -0.39 is 17.5 Å². The summed E-state index contributed by atoms with van der Waals surface area (Å²) in [5.74, 6) is 0.830. The lowest BCUT2D eigenvalue weighted by molar-refractivity contribution is -0.130. The van der Waals surface area contributed by atoms with Crippen LogP contribution in [0.2, 0.25) is 0 Å². The number of carbonyl (C=O) groups is 3. The van der Waals surface area contributed by atoms with E-state index in [-0.39, 0.29) is 25.5 Å². The lowest BCUT2D eigenvalue weighted by atomic mass is 9.92. The lowest BCUT2D eigenvalue weighted by Crippen LogP contribution is -2.46. The number of imide groups is 1. The van der Waals surface area contributed by atoms with Crippen LogP contribution < -0.4 is 19.5 Å². The number of methoxy groups -OCH3 is 1. The van der Waals surface area contributed by atoms with Crippen LogP contribution in [0.15, 0.2) is 42.5 Å². The molecule has 1 saturated heterocycles. The van der Waals surface area contributed by atoms with Gasteiger partial charge in [0.15, 0.2) is 17.3 Å². The third-order valence-electron chi connectivity index (χ3n) is 5.08. The van der Waals surface area contributed by atoms with Crippen LogP contribution in [0.25, 0.3) is 0 Å². The fraction of sp³-hybridized carbons (Fsp3) is 0.286. The number of hydrogen-bond donors (Lipinski definition) is 1. The number of nitrogens with one attached hydrogen (secondary N) is 1. The van der Waals surface area contributed by atoms with Gasteiger partial charge in [0.25, 0.3) is 5.91 Å². The van der Waals surface area contributed by atoms with E-state index in [4.69, 9.17) is 14.2 Å². The van der Waals surface area contributed by atoms with E-state index in [2.05, 4.69) is 5.32 Å². The second-order valence-corrected chi connectivity index (χ2v) is 7.13. The van der Waals surface area contributed by atoms with Gasteiger partial charge in [-0.1, -0.05) is 18.2 Å². The van der Waals surface area contributed by atoms with E-state index in [1.54, 1.807) is 38.3 Å². The molecule has 29 heavy (non-hydrogen) atoms. The minimum Gasteiger partial charge on any atom is -0.496 e. The van der Waals surface area contributed by atoms with E-state index in [0.29, 0.717) is 22.8 Å². The Morgan fingerprint density at radius 3 is 2.72 bits per heavy atom. The number of hydrogen-bond acceptors (Lipinski definition) is 6. The van der Waals surface area contributed by atoms with Crippen molar-refractivity contribution in [3.63, 3.8) is 0 Å². The Morgan fingerprint density at radius 2 is 1.93 bits per heavy atom. The summed E-state index contributed by atoms with van der Waals surface area (Å²) in [6, 6.07) is 11.5. The third-order valence-corrected chi connectivity index (χ3v) is 5.08. The largest absolute Gasteiger partial charge is 0.496 e. The molecule has 8 heteroatoms. The van der Waals surface area contributed by atoms with E-state index in [9.17, 15) is 14.4 Å². The van der Waals surface area contributed by atoms with Crippen LogP contribution in [0.5, 0.6) is 17.2 Å². The Labute approximate surface area is 167 Å². The Kier molecular flexibility index (Phi) is 4.62. The van der Waals surface area contributed by atoms with Crippen molar-refractivity contribution >= 4 is 17.7 Å². The van der Waals surface area contributed by atoms with Gasteiger partial charge < -0.3 is 19.5 Å². The SMILES string of the molecule is COc1ccccc1CC1(C)NC(=O)N(CC(=O)c2ccc3c(c2)OCO3)C1=O. The number of nitrogens with zero attached hydrogens (tertiary/aromatic N) is 1. The van der Waals surface area contributed by atoms with E-state index in [0.717, 1.165) is 10.5 Å². The molecule has 2 aliphatic rings. The molecular weight excluding hydrogens is 376 g/mol. The van der Waals surface area contributed by atoms with E-state index in [1.165, 1.54) is 0 Å². The highest BCUT2D eigenvalue weighted by Crippen LogP contribution is 2.33. The summed E-state index contributed by atoms with van der Waals surface area (Å²) in [5, 5.41) is 2.71. The lowest BCUT2D eigenvalue weighted by Gasteiger charge is -2.22. The average molecular weight is 396 g/mol. The number of urea groups is 1. The molecule has 0 bridgehead atoms. The van der Waals surface area contributed by atoms with Gasteiger partial charge >= 0.3 is 6.03 Å². The molecule has 3 amide bonds. The smallest absolute Gasteiger partial charge is 0.325 e. The Balaban J connectivity index is 1.51. The summed E-state index contributed by atoms with van der Waals surface area (Å²) in [4.78, 5) is 39.1. The van der Waals surface area contributed by atoms with Crippen molar-refractivity contribution in [2.45, 2.75) is 18.9 Å². The summed E-state index contributed by atoms with van der Waals surface area (Å²) >= 11 is 0. The zero-order valence-electron chi connectivity index (χ0n) is 16.1. The summed E-state index contributed by atoms with van der Waals surface area (Å²) in [6.45, 7) is 1.39. The number of ether oxygens (including phenoxy) is 3. The predicted octanol–water partition coefficient (Wildman–Crippen LogP) is 2.16. The predicted molar refractivity (Wildman–Crippen MR) is 102 cm³/mol. The van der Waals surface area contributed by atoms with Crippen LogP contribution in [-0.4, -0.2) is 48.6 Å². The molecule has 1 fully saturated rings. The summed E-state index contributed by atoms with van der Waals surface area (Å²) in [5.41, 5.74) is -0.0378. The van der Waals surface area contributed by atoms with Gasteiger partial charge in [0.2, 0.25) is 6.79 Å². The molecule has 0 radical (unpaired) electrons. The first-order chi connectivity index (χ1) is 13.9. The molecular formula is C21H20N2O6. The number of Topliss-reactive ketones (excluding diaryl/α,β-unsaturated/α-hetero) is 1. The Bertz CT molecular complexity index is 1000. The molecule has 2 aromatic rings. The number of fused-ring (bicyclic) bond motifs is 1. The second kappa shape index (κ2) is 7.12. The van der Waals surface area contributed by atoms with Gasteiger partial charge in [-0.25, -0.2) is 4.79 Å². The van der Waals surface area contributed by atoms with Gasteiger partial charge in [0, 0.05) is 12.0 Å². The minimum absolute atomic E-state index is 0.0985. The van der Waals surface area contributed by atoms with Gasteiger partial charge in [-0.05, 0) is 36.8 Å². The molecule has 1 atom stereocenters. The van der Waals surface area contributed by atoms with Crippen molar-refractivity contribution in [2.24, 2.45) is 0 Å². The molecule has 0 aromatic heterocycles. The van der Waals surface area contributed by atoms with Crippen molar-refractivity contribution in [3.05, 3.63) is 53.6 Å². The number of amides is 3. The maximum Gasteiger partial charge on any atom is 0.325 e. The normalized spacial score (nSPS) is 20.0. The summed E-state index contributed by atoms with van der Waals surface area (Å²) in [7, 11) is 1.55. The minimum atomic E-state index is -1.17. The highest BCUT2D eigenvalue weighted by molar-refractivity contribution is 6.11. The zero-order valence-corrected chi connectivity index (χ0v) is 16.1. The maximum absolute atomic E-state index is 13.0. The molecule has 1 N–H and O–H groups in total. The molecule has 0 spiro atoms. The quantitative estimate of drug-likeness (QED) is 0.594. The third kappa shape index (κ3) is 3.37. The molecule has 0 saturated carbocycles. The molecule has 1 unspecified atom stereocenters. The van der Waals surface area contributed by atoms with Crippen molar-refractivity contribution in [3.8, 4) is 17.2 Å². The van der Waals surface area contributed by atoms with Crippen LogP contribution >= 0.6 is 0 Å². The van der Waals surface area contributed by atoms with E-state index >= 15 is 0 Å². The molecule has 2 aromatic carbocycles.